The average molecular weight is 579 g/mol. The Bertz CT molecular complexity index is 1180. The molecule has 4 nitrogen and oxygen atoms in total. The number of rotatable bonds is 6. The molecule has 1 saturated carbocycles. The minimum atomic E-state index is -4.42. The summed E-state index contributed by atoms with van der Waals surface area (Å²) < 4.78 is 78.4. The van der Waals surface area contributed by atoms with Crippen LogP contribution in [0.15, 0.2) is 48.5 Å². The lowest BCUT2D eigenvalue weighted by Crippen LogP contribution is -2.53. The fourth-order valence-electron chi connectivity index (χ4n) is 7.94. The van der Waals surface area contributed by atoms with E-state index in [4.69, 9.17) is 9.47 Å². The van der Waals surface area contributed by atoms with E-state index in [1.54, 1.807) is 12.1 Å². The predicted octanol–water partition coefficient (Wildman–Crippen LogP) is 6.69. The van der Waals surface area contributed by atoms with Crippen LogP contribution in [0.2, 0.25) is 0 Å². The number of hydrogen-bond acceptors (Lipinski definition) is 4. The third kappa shape index (κ3) is 6.13. The van der Waals surface area contributed by atoms with Crippen molar-refractivity contribution in [2.75, 3.05) is 39.4 Å². The van der Waals surface area contributed by atoms with Gasteiger partial charge in [-0.1, -0.05) is 42.5 Å². The van der Waals surface area contributed by atoms with Gasteiger partial charge in [0.1, 0.15) is 5.75 Å². The standard InChI is InChI=1S/C32H39F5N2O2/c33-31(34)12-9-23(10-13-31)28-15-24(22-5-2-1-3-6-22)11-14-39(28)17-25-16-38-19-30(25)20-40-18-26-27(30)7-4-8-29(26)41-21-32(35,36)37/h1-8,23-25,28,38H,9-21H2/t24-,25+,28+,30+/m1/s1. The fourth-order valence-corrected chi connectivity index (χ4v) is 7.94. The predicted molar refractivity (Wildman–Crippen MR) is 146 cm³/mol. The molecule has 6 rings (SSSR count). The van der Waals surface area contributed by atoms with Gasteiger partial charge >= 0.3 is 6.18 Å². The fraction of sp³-hybridized carbons (Fsp3) is 0.625. The minimum Gasteiger partial charge on any atom is -0.484 e. The number of ether oxygens (including phenoxy) is 2. The van der Waals surface area contributed by atoms with Gasteiger partial charge in [-0.05, 0) is 67.2 Å². The third-order valence-corrected chi connectivity index (χ3v) is 10.1. The lowest BCUT2D eigenvalue weighted by molar-refractivity contribution is -0.153. The second kappa shape index (κ2) is 11.5. The molecular formula is C32H39F5N2O2. The quantitative estimate of drug-likeness (QED) is 0.388. The number of nitrogens with zero attached hydrogens (tertiary/aromatic N) is 1. The Morgan fingerprint density at radius 3 is 2.54 bits per heavy atom. The molecule has 1 N–H and O–H groups in total. The van der Waals surface area contributed by atoms with Gasteiger partial charge in [-0.2, -0.15) is 13.2 Å². The van der Waals surface area contributed by atoms with Crippen molar-refractivity contribution in [3.8, 4) is 5.75 Å². The van der Waals surface area contributed by atoms with Crippen molar-refractivity contribution in [2.24, 2.45) is 11.8 Å². The van der Waals surface area contributed by atoms with Crippen LogP contribution in [0.3, 0.4) is 0 Å². The van der Waals surface area contributed by atoms with Crippen LogP contribution in [-0.2, 0) is 16.8 Å². The van der Waals surface area contributed by atoms with Gasteiger partial charge in [-0.25, -0.2) is 8.78 Å². The maximum atomic E-state index is 14.1. The van der Waals surface area contributed by atoms with Gasteiger partial charge in [-0.3, -0.25) is 4.90 Å². The van der Waals surface area contributed by atoms with Gasteiger partial charge in [-0.15, -0.1) is 0 Å². The minimum absolute atomic E-state index is 0.0468. The van der Waals surface area contributed by atoms with Gasteiger partial charge < -0.3 is 14.8 Å². The second-order valence-electron chi connectivity index (χ2n) is 12.6. The molecule has 1 spiro atoms. The van der Waals surface area contributed by atoms with E-state index in [0.717, 1.165) is 38.0 Å². The Hall–Kier alpha value is -2.23. The zero-order valence-electron chi connectivity index (χ0n) is 23.3. The summed E-state index contributed by atoms with van der Waals surface area (Å²) in [6.07, 6.45) is -1.47. The van der Waals surface area contributed by atoms with Crippen molar-refractivity contribution in [3.05, 3.63) is 65.2 Å². The van der Waals surface area contributed by atoms with E-state index in [9.17, 15) is 22.0 Å². The number of piperidine rings is 1. The van der Waals surface area contributed by atoms with E-state index in [2.05, 4.69) is 34.5 Å². The lowest BCUT2D eigenvalue weighted by atomic mass is 9.69. The Balaban J connectivity index is 1.25. The first-order chi connectivity index (χ1) is 19.6. The highest BCUT2D eigenvalue weighted by molar-refractivity contribution is 5.47. The highest BCUT2D eigenvalue weighted by Gasteiger charge is 2.50. The van der Waals surface area contributed by atoms with Crippen LogP contribution >= 0.6 is 0 Å². The number of nitrogens with one attached hydrogen (secondary N) is 1. The number of likely N-dealkylation sites (tertiary alicyclic amines) is 1. The van der Waals surface area contributed by atoms with Crippen molar-refractivity contribution in [1.29, 1.82) is 0 Å². The molecule has 3 aliphatic heterocycles. The summed E-state index contributed by atoms with van der Waals surface area (Å²) in [6.45, 7) is 2.50. The molecule has 2 saturated heterocycles. The molecule has 224 valence electrons. The van der Waals surface area contributed by atoms with Crippen LogP contribution in [-0.4, -0.2) is 62.4 Å². The monoisotopic (exact) mass is 578 g/mol. The maximum Gasteiger partial charge on any atom is 0.422 e. The number of hydrogen-bond donors (Lipinski definition) is 1. The van der Waals surface area contributed by atoms with Gasteiger partial charge in [0.15, 0.2) is 6.61 Å². The van der Waals surface area contributed by atoms with Crippen LogP contribution in [0, 0.1) is 11.8 Å². The van der Waals surface area contributed by atoms with Gasteiger partial charge in [0, 0.05) is 49.5 Å². The Kier molecular flexibility index (Phi) is 8.07. The molecule has 0 bridgehead atoms. The van der Waals surface area contributed by atoms with Crippen LogP contribution in [0.5, 0.6) is 5.75 Å². The van der Waals surface area contributed by atoms with Crippen molar-refractivity contribution < 1.29 is 31.4 Å². The Morgan fingerprint density at radius 1 is 1.00 bits per heavy atom. The summed E-state index contributed by atoms with van der Waals surface area (Å²) in [5, 5.41) is 3.55. The first-order valence-corrected chi connectivity index (χ1v) is 14.9. The number of benzene rings is 2. The topological polar surface area (TPSA) is 33.7 Å². The maximum absolute atomic E-state index is 14.1. The molecule has 2 aromatic rings. The van der Waals surface area contributed by atoms with Crippen molar-refractivity contribution in [1.82, 2.24) is 10.2 Å². The van der Waals surface area contributed by atoms with Gasteiger partial charge in [0.2, 0.25) is 5.92 Å². The van der Waals surface area contributed by atoms with Gasteiger partial charge in [0.25, 0.3) is 0 Å². The van der Waals surface area contributed by atoms with Crippen molar-refractivity contribution >= 4 is 0 Å². The Morgan fingerprint density at radius 2 is 1.78 bits per heavy atom. The normalized spacial score (nSPS) is 30.8. The smallest absolute Gasteiger partial charge is 0.422 e. The van der Waals surface area contributed by atoms with Crippen LogP contribution < -0.4 is 10.1 Å². The molecular weight excluding hydrogens is 539 g/mol. The van der Waals surface area contributed by atoms with Crippen LogP contribution in [0.1, 0.15) is 61.1 Å². The van der Waals surface area contributed by atoms with Crippen molar-refractivity contribution in [2.45, 2.75) is 74.6 Å². The highest BCUT2D eigenvalue weighted by atomic mass is 19.4. The van der Waals surface area contributed by atoms with E-state index in [0.29, 0.717) is 37.5 Å². The summed E-state index contributed by atoms with van der Waals surface area (Å²) in [7, 11) is 0. The molecule has 0 radical (unpaired) electrons. The first-order valence-electron chi connectivity index (χ1n) is 14.9. The number of alkyl halides is 5. The van der Waals surface area contributed by atoms with E-state index in [1.807, 2.05) is 12.1 Å². The second-order valence-corrected chi connectivity index (χ2v) is 12.6. The third-order valence-electron chi connectivity index (χ3n) is 10.1. The molecule has 1 aliphatic carbocycles. The molecule has 4 aliphatic rings. The van der Waals surface area contributed by atoms with Crippen LogP contribution in [0.4, 0.5) is 22.0 Å². The highest BCUT2D eigenvalue weighted by Crippen LogP contribution is 2.47. The van der Waals surface area contributed by atoms with E-state index >= 15 is 0 Å². The number of fused-ring (bicyclic) bond motifs is 2. The zero-order valence-corrected chi connectivity index (χ0v) is 23.3. The van der Waals surface area contributed by atoms with Crippen molar-refractivity contribution in [3.63, 3.8) is 0 Å². The molecule has 0 aromatic heterocycles. The van der Waals surface area contributed by atoms with E-state index < -0.39 is 18.7 Å². The molecule has 3 heterocycles. The summed E-state index contributed by atoms with van der Waals surface area (Å²) >= 11 is 0. The van der Waals surface area contributed by atoms with Gasteiger partial charge in [0.05, 0.1) is 13.2 Å². The Labute approximate surface area is 238 Å². The van der Waals surface area contributed by atoms with E-state index in [-0.39, 0.29) is 48.5 Å². The van der Waals surface area contributed by atoms with Crippen LogP contribution in [0.25, 0.3) is 0 Å². The largest absolute Gasteiger partial charge is 0.484 e. The average Bonchev–Trinajstić information content (AvgIpc) is 3.34. The molecule has 3 fully saturated rings. The summed E-state index contributed by atoms with van der Waals surface area (Å²) in [5.41, 5.74) is 2.64. The first kappa shape index (κ1) is 28.9. The molecule has 0 unspecified atom stereocenters. The number of halogens is 5. The SMILES string of the molecule is FC(F)(F)COc1cccc2c1COC[C@]21CNC[C@H]1CN1CC[C@@H](c2ccccc2)C[C@H]1C1CCC(F)(F)CC1. The molecule has 4 atom stereocenters. The zero-order chi connectivity index (χ0) is 28.7. The molecule has 9 heteroatoms. The summed E-state index contributed by atoms with van der Waals surface area (Å²) in [5.74, 6) is -1.54. The molecule has 41 heavy (non-hydrogen) atoms. The molecule has 0 amide bonds. The lowest BCUT2D eigenvalue weighted by Gasteiger charge is -2.48. The summed E-state index contributed by atoms with van der Waals surface area (Å²) in [4.78, 5) is 2.55. The molecule has 2 aromatic carbocycles. The van der Waals surface area contributed by atoms with E-state index in [1.165, 1.54) is 5.56 Å². The summed E-state index contributed by atoms with van der Waals surface area (Å²) in [6, 6.07) is 16.1.